The molecule has 0 bridgehead atoms. The summed E-state index contributed by atoms with van der Waals surface area (Å²) in [6.45, 7) is 1.59. The molecule has 1 amide bonds. The summed E-state index contributed by atoms with van der Waals surface area (Å²) in [5.41, 5.74) is 5.30. The highest BCUT2D eigenvalue weighted by atomic mass is 19.1. The second kappa shape index (κ2) is 7.44. The Labute approximate surface area is 116 Å². The van der Waals surface area contributed by atoms with Crippen molar-refractivity contribution in [1.82, 2.24) is 5.32 Å². The first kappa shape index (κ1) is 15.9. The van der Waals surface area contributed by atoms with Crippen LogP contribution in [0.4, 0.5) is 10.1 Å². The molecular formula is C13H17FN2O4. The van der Waals surface area contributed by atoms with Crippen molar-refractivity contribution in [1.29, 1.82) is 0 Å². The maximum Gasteiger partial charge on any atom is 0.341 e. The first-order valence-corrected chi connectivity index (χ1v) is 5.94. The van der Waals surface area contributed by atoms with Crippen molar-refractivity contribution in [3.05, 3.63) is 29.6 Å². The van der Waals surface area contributed by atoms with Gasteiger partial charge in [-0.15, -0.1) is 0 Å². The van der Waals surface area contributed by atoms with Crippen molar-refractivity contribution in [3.63, 3.8) is 0 Å². The fourth-order valence-electron chi connectivity index (χ4n) is 1.51. The van der Waals surface area contributed by atoms with E-state index in [4.69, 9.17) is 15.2 Å². The average Bonchev–Trinajstić information content (AvgIpc) is 2.36. The van der Waals surface area contributed by atoms with Crippen molar-refractivity contribution in [2.45, 2.75) is 13.0 Å². The molecule has 0 fully saturated rings. The molecule has 0 aliphatic rings. The molecule has 0 aromatic heterocycles. The highest BCUT2D eigenvalue weighted by molar-refractivity contribution is 5.91. The second-order valence-electron chi connectivity index (χ2n) is 4.24. The molecular weight excluding hydrogens is 267 g/mol. The monoisotopic (exact) mass is 284 g/mol. The quantitative estimate of drug-likeness (QED) is 0.593. The van der Waals surface area contributed by atoms with E-state index in [2.05, 4.69) is 5.32 Å². The Kier molecular flexibility index (Phi) is 5.92. The third kappa shape index (κ3) is 4.85. The summed E-state index contributed by atoms with van der Waals surface area (Å²) in [5, 5.41) is 2.56. The molecule has 20 heavy (non-hydrogen) atoms. The molecule has 1 atom stereocenters. The van der Waals surface area contributed by atoms with E-state index in [0.717, 1.165) is 6.07 Å². The van der Waals surface area contributed by atoms with E-state index >= 15 is 0 Å². The number of carbonyl (C=O) groups excluding carboxylic acids is 2. The summed E-state index contributed by atoms with van der Waals surface area (Å²) < 4.78 is 23.0. The Morgan fingerprint density at radius 1 is 1.45 bits per heavy atom. The first-order chi connectivity index (χ1) is 9.43. The molecule has 0 saturated carbocycles. The normalized spacial score (nSPS) is 11.8. The number of benzene rings is 1. The number of methoxy groups -OCH3 is 1. The van der Waals surface area contributed by atoms with E-state index in [9.17, 15) is 14.0 Å². The molecule has 0 heterocycles. The fourth-order valence-corrected chi connectivity index (χ4v) is 1.51. The number of halogens is 1. The van der Waals surface area contributed by atoms with E-state index in [-0.39, 0.29) is 17.3 Å². The molecule has 1 rings (SSSR count). The SMILES string of the molecule is COCC(C)NC(=O)COC(=O)c1ccc(N)cc1F. The lowest BCUT2D eigenvalue weighted by molar-refractivity contribution is -0.125. The highest BCUT2D eigenvalue weighted by Gasteiger charge is 2.15. The van der Waals surface area contributed by atoms with Crippen molar-refractivity contribution in [2.24, 2.45) is 0 Å². The number of anilines is 1. The van der Waals surface area contributed by atoms with Crippen molar-refractivity contribution in [3.8, 4) is 0 Å². The van der Waals surface area contributed by atoms with Crippen LogP contribution in [0.2, 0.25) is 0 Å². The van der Waals surface area contributed by atoms with E-state index in [1.165, 1.54) is 19.2 Å². The van der Waals surface area contributed by atoms with Gasteiger partial charge in [-0.2, -0.15) is 0 Å². The number of rotatable bonds is 6. The zero-order valence-corrected chi connectivity index (χ0v) is 11.3. The molecule has 1 aromatic carbocycles. The fraction of sp³-hybridized carbons (Fsp3) is 0.385. The first-order valence-electron chi connectivity index (χ1n) is 5.94. The number of ether oxygens (including phenoxy) is 2. The topological polar surface area (TPSA) is 90.6 Å². The lowest BCUT2D eigenvalue weighted by Crippen LogP contribution is -2.38. The average molecular weight is 284 g/mol. The smallest absolute Gasteiger partial charge is 0.341 e. The van der Waals surface area contributed by atoms with Gasteiger partial charge in [-0.3, -0.25) is 4.79 Å². The maximum absolute atomic E-state index is 13.4. The number of amides is 1. The third-order valence-corrected chi connectivity index (χ3v) is 2.37. The standard InChI is InChI=1S/C13H17FN2O4/c1-8(6-19-2)16-12(17)7-20-13(18)10-4-3-9(15)5-11(10)14/h3-5,8H,6-7,15H2,1-2H3,(H,16,17). The van der Waals surface area contributed by atoms with Gasteiger partial charge in [-0.1, -0.05) is 0 Å². The summed E-state index contributed by atoms with van der Waals surface area (Å²) in [4.78, 5) is 23.0. The molecule has 7 heteroatoms. The number of hydrogen-bond acceptors (Lipinski definition) is 5. The molecule has 0 aliphatic carbocycles. The summed E-state index contributed by atoms with van der Waals surface area (Å²) in [6.07, 6.45) is 0. The van der Waals surface area contributed by atoms with Gasteiger partial charge in [0.2, 0.25) is 0 Å². The van der Waals surface area contributed by atoms with Crippen LogP contribution in [0.15, 0.2) is 18.2 Å². The maximum atomic E-state index is 13.4. The Morgan fingerprint density at radius 3 is 2.75 bits per heavy atom. The van der Waals surface area contributed by atoms with Crippen LogP contribution in [-0.4, -0.2) is 38.2 Å². The predicted molar refractivity (Wildman–Crippen MR) is 70.6 cm³/mol. The zero-order valence-electron chi connectivity index (χ0n) is 11.3. The molecule has 3 N–H and O–H groups in total. The number of carbonyl (C=O) groups is 2. The lowest BCUT2D eigenvalue weighted by atomic mass is 10.2. The minimum atomic E-state index is -0.919. The molecule has 0 radical (unpaired) electrons. The Bertz CT molecular complexity index is 493. The van der Waals surface area contributed by atoms with Gasteiger partial charge in [0.1, 0.15) is 5.82 Å². The molecule has 0 aliphatic heterocycles. The van der Waals surface area contributed by atoms with Crippen molar-refractivity contribution >= 4 is 17.6 Å². The zero-order chi connectivity index (χ0) is 15.1. The number of nitrogen functional groups attached to an aromatic ring is 1. The summed E-state index contributed by atoms with van der Waals surface area (Å²) in [7, 11) is 1.51. The van der Waals surface area contributed by atoms with Crippen LogP contribution in [0.25, 0.3) is 0 Å². The van der Waals surface area contributed by atoms with Crippen LogP contribution in [-0.2, 0) is 14.3 Å². The summed E-state index contributed by atoms with van der Waals surface area (Å²) in [6, 6.07) is 3.38. The Hall–Kier alpha value is -2.15. The minimum Gasteiger partial charge on any atom is -0.452 e. The molecule has 1 aromatic rings. The molecule has 6 nitrogen and oxygen atoms in total. The largest absolute Gasteiger partial charge is 0.452 e. The minimum absolute atomic E-state index is 0.199. The van der Waals surface area contributed by atoms with Crippen LogP contribution in [0, 0.1) is 5.82 Å². The van der Waals surface area contributed by atoms with Crippen molar-refractivity contribution < 1.29 is 23.5 Å². The van der Waals surface area contributed by atoms with Crippen LogP contribution in [0.1, 0.15) is 17.3 Å². The third-order valence-electron chi connectivity index (χ3n) is 2.37. The molecule has 0 spiro atoms. The van der Waals surface area contributed by atoms with Crippen LogP contribution in [0.5, 0.6) is 0 Å². The van der Waals surface area contributed by atoms with Gasteiger partial charge >= 0.3 is 5.97 Å². The van der Waals surface area contributed by atoms with Crippen LogP contribution in [0.3, 0.4) is 0 Å². The van der Waals surface area contributed by atoms with E-state index < -0.39 is 24.3 Å². The highest BCUT2D eigenvalue weighted by Crippen LogP contribution is 2.12. The van der Waals surface area contributed by atoms with E-state index in [1.807, 2.05) is 0 Å². The number of hydrogen-bond donors (Lipinski definition) is 2. The molecule has 110 valence electrons. The van der Waals surface area contributed by atoms with E-state index in [0.29, 0.717) is 6.61 Å². The second-order valence-corrected chi connectivity index (χ2v) is 4.24. The number of esters is 1. The van der Waals surface area contributed by atoms with Gasteiger partial charge in [-0.05, 0) is 25.1 Å². The predicted octanol–water partition coefficient (Wildman–Crippen LogP) is 0.716. The summed E-state index contributed by atoms with van der Waals surface area (Å²) in [5.74, 6) is -2.20. The van der Waals surface area contributed by atoms with Gasteiger partial charge < -0.3 is 20.5 Å². The lowest BCUT2D eigenvalue weighted by Gasteiger charge is -2.12. The summed E-state index contributed by atoms with van der Waals surface area (Å²) >= 11 is 0. The van der Waals surface area contributed by atoms with Crippen LogP contribution >= 0.6 is 0 Å². The van der Waals surface area contributed by atoms with Gasteiger partial charge in [0, 0.05) is 18.8 Å². The van der Waals surface area contributed by atoms with Gasteiger partial charge in [-0.25, -0.2) is 9.18 Å². The van der Waals surface area contributed by atoms with Gasteiger partial charge in [0.05, 0.1) is 12.2 Å². The van der Waals surface area contributed by atoms with Gasteiger partial charge in [0.25, 0.3) is 5.91 Å². The van der Waals surface area contributed by atoms with Gasteiger partial charge in [0.15, 0.2) is 6.61 Å². The van der Waals surface area contributed by atoms with E-state index in [1.54, 1.807) is 6.92 Å². The Balaban J connectivity index is 2.49. The van der Waals surface area contributed by atoms with Crippen LogP contribution < -0.4 is 11.1 Å². The van der Waals surface area contributed by atoms with Crippen molar-refractivity contribution in [2.75, 3.05) is 26.1 Å². The number of nitrogens with one attached hydrogen (secondary N) is 1. The molecule has 1 unspecified atom stereocenters. The molecule has 0 saturated heterocycles. The number of nitrogens with two attached hydrogens (primary N) is 1. The Morgan fingerprint density at radius 2 is 2.15 bits per heavy atom.